The molecule has 0 fully saturated rings. The highest BCUT2D eigenvalue weighted by Gasteiger charge is 2.23. The SMILES string of the molecule is O=C1Cc2cc(C(=O)c3ccc(Cl)cc3Cl)c(Cl)cc2N1. The Hall–Kier alpha value is -1.55. The highest BCUT2D eigenvalue weighted by Crippen LogP contribution is 2.32. The highest BCUT2D eigenvalue weighted by atomic mass is 35.5. The maximum Gasteiger partial charge on any atom is 0.228 e. The molecular weight excluding hydrogens is 333 g/mol. The van der Waals surface area contributed by atoms with E-state index < -0.39 is 0 Å². The minimum atomic E-state index is -0.302. The fourth-order valence-electron chi connectivity index (χ4n) is 2.24. The number of fused-ring (bicyclic) bond motifs is 1. The number of benzene rings is 2. The zero-order chi connectivity index (χ0) is 15.1. The molecule has 6 heteroatoms. The Morgan fingerprint density at radius 1 is 1.00 bits per heavy atom. The number of rotatable bonds is 2. The molecule has 2 aromatic carbocycles. The molecule has 1 aliphatic heterocycles. The maximum absolute atomic E-state index is 12.6. The van der Waals surface area contributed by atoms with Crippen LogP contribution in [-0.4, -0.2) is 11.7 Å². The van der Waals surface area contributed by atoms with Gasteiger partial charge in [-0.2, -0.15) is 0 Å². The molecule has 106 valence electrons. The summed E-state index contributed by atoms with van der Waals surface area (Å²) in [6, 6.07) is 7.86. The summed E-state index contributed by atoms with van der Waals surface area (Å²) in [6.45, 7) is 0. The first-order chi connectivity index (χ1) is 9.95. The van der Waals surface area contributed by atoms with Gasteiger partial charge in [0.1, 0.15) is 0 Å². The Balaban J connectivity index is 2.06. The lowest BCUT2D eigenvalue weighted by atomic mass is 10.00. The molecule has 2 aromatic rings. The maximum atomic E-state index is 12.6. The molecule has 0 unspecified atom stereocenters. The first-order valence-corrected chi connectivity index (χ1v) is 7.21. The number of hydrogen-bond donors (Lipinski definition) is 1. The number of nitrogens with one attached hydrogen (secondary N) is 1. The van der Waals surface area contributed by atoms with E-state index >= 15 is 0 Å². The van der Waals surface area contributed by atoms with Crippen molar-refractivity contribution in [3.05, 3.63) is 62.1 Å². The van der Waals surface area contributed by atoms with Crippen molar-refractivity contribution in [2.24, 2.45) is 0 Å². The molecule has 1 amide bonds. The van der Waals surface area contributed by atoms with E-state index in [0.29, 0.717) is 21.8 Å². The topological polar surface area (TPSA) is 46.2 Å². The minimum absolute atomic E-state index is 0.116. The molecular formula is C15H8Cl3NO2. The second-order valence-corrected chi connectivity index (χ2v) is 5.92. The summed E-state index contributed by atoms with van der Waals surface area (Å²) in [5.41, 5.74) is 2.03. The molecule has 0 atom stereocenters. The van der Waals surface area contributed by atoms with E-state index in [-0.39, 0.29) is 28.2 Å². The van der Waals surface area contributed by atoms with Crippen molar-refractivity contribution in [3.8, 4) is 0 Å². The summed E-state index contributed by atoms with van der Waals surface area (Å²) >= 11 is 18.0. The van der Waals surface area contributed by atoms with Gasteiger partial charge in [0.25, 0.3) is 0 Å². The van der Waals surface area contributed by atoms with Gasteiger partial charge in [0.05, 0.1) is 16.5 Å². The van der Waals surface area contributed by atoms with Crippen LogP contribution in [0.1, 0.15) is 21.5 Å². The van der Waals surface area contributed by atoms with Gasteiger partial charge in [0.2, 0.25) is 5.91 Å². The van der Waals surface area contributed by atoms with Crippen LogP contribution in [-0.2, 0) is 11.2 Å². The Morgan fingerprint density at radius 2 is 1.71 bits per heavy atom. The third-order valence-corrected chi connectivity index (χ3v) is 4.10. The highest BCUT2D eigenvalue weighted by molar-refractivity contribution is 6.39. The zero-order valence-electron chi connectivity index (χ0n) is 10.5. The molecule has 1 heterocycles. The van der Waals surface area contributed by atoms with Gasteiger partial charge in [-0.05, 0) is 35.9 Å². The third kappa shape index (κ3) is 2.64. The van der Waals surface area contributed by atoms with E-state index in [1.54, 1.807) is 24.3 Å². The van der Waals surface area contributed by atoms with E-state index in [1.807, 2.05) is 0 Å². The zero-order valence-corrected chi connectivity index (χ0v) is 12.8. The Morgan fingerprint density at radius 3 is 2.43 bits per heavy atom. The first kappa shape index (κ1) is 14.4. The average molecular weight is 341 g/mol. The van der Waals surface area contributed by atoms with Gasteiger partial charge >= 0.3 is 0 Å². The van der Waals surface area contributed by atoms with E-state index in [9.17, 15) is 9.59 Å². The van der Waals surface area contributed by atoms with Gasteiger partial charge in [-0.3, -0.25) is 9.59 Å². The molecule has 0 aromatic heterocycles. The minimum Gasteiger partial charge on any atom is -0.325 e. The van der Waals surface area contributed by atoms with E-state index in [4.69, 9.17) is 34.8 Å². The van der Waals surface area contributed by atoms with Crippen molar-refractivity contribution in [1.29, 1.82) is 0 Å². The Labute approximate surface area is 135 Å². The van der Waals surface area contributed by atoms with E-state index in [0.717, 1.165) is 5.56 Å². The van der Waals surface area contributed by atoms with Crippen molar-refractivity contribution >= 4 is 52.2 Å². The van der Waals surface area contributed by atoms with Crippen molar-refractivity contribution in [2.45, 2.75) is 6.42 Å². The Bertz CT molecular complexity index is 787. The number of carbonyl (C=O) groups excluding carboxylic acids is 2. The molecule has 0 aliphatic carbocycles. The van der Waals surface area contributed by atoms with Gasteiger partial charge < -0.3 is 5.32 Å². The molecule has 21 heavy (non-hydrogen) atoms. The molecule has 0 spiro atoms. The van der Waals surface area contributed by atoms with E-state index in [1.165, 1.54) is 6.07 Å². The van der Waals surface area contributed by atoms with Crippen LogP contribution in [0.15, 0.2) is 30.3 Å². The van der Waals surface area contributed by atoms with Gasteiger partial charge in [-0.1, -0.05) is 34.8 Å². The predicted octanol–water partition coefficient (Wildman–Crippen LogP) is 4.37. The van der Waals surface area contributed by atoms with Crippen LogP contribution in [0.2, 0.25) is 15.1 Å². The lowest BCUT2D eigenvalue weighted by Crippen LogP contribution is -2.04. The van der Waals surface area contributed by atoms with Crippen LogP contribution in [0.4, 0.5) is 5.69 Å². The average Bonchev–Trinajstić information content (AvgIpc) is 2.76. The standard InChI is InChI=1S/C15H8Cl3NO2/c16-8-1-2-9(11(17)5-8)15(21)10-3-7-4-14(20)19-13(7)6-12(10)18/h1-3,5-6H,4H2,(H,19,20). The van der Waals surface area contributed by atoms with Crippen molar-refractivity contribution in [3.63, 3.8) is 0 Å². The quantitative estimate of drug-likeness (QED) is 0.825. The molecule has 0 radical (unpaired) electrons. The van der Waals surface area contributed by atoms with Gasteiger partial charge in [0, 0.05) is 21.8 Å². The molecule has 1 N–H and O–H groups in total. The van der Waals surface area contributed by atoms with Crippen molar-refractivity contribution < 1.29 is 9.59 Å². The summed E-state index contributed by atoms with van der Waals surface area (Å²) < 4.78 is 0. The number of amides is 1. The molecule has 3 rings (SSSR count). The number of halogens is 3. The molecule has 1 aliphatic rings. The molecule has 0 saturated heterocycles. The van der Waals surface area contributed by atoms with Gasteiger partial charge in [-0.25, -0.2) is 0 Å². The summed E-state index contributed by atoms with van der Waals surface area (Å²) in [5, 5.41) is 3.67. The lowest BCUT2D eigenvalue weighted by Gasteiger charge is -2.08. The largest absolute Gasteiger partial charge is 0.325 e. The van der Waals surface area contributed by atoms with Crippen molar-refractivity contribution in [1.82, 2.24) is 0 Å². The lowest BCUT2D eigenvalue weighted by molar-refractivity contribution is -0.115. The van der Waals surface area contributed by atoms with Gasteiger partial charge in [-0.15, -0.1) is 0 Å². The van der Waals surface area contributed by atoms with Crippen LogP contribution in [0.25, 0.3) is 0 Å². The third-order valence-electron chi connectivity index (χ3n) is 3.24. The van der Waals surface area contributed by atoms with Crippen LogP contribution >= 0.6 is 34.8 Å². The smallest absolute Gasteiger partial charge is 0.228 e. The monoisotopic (exact) mass is 339 g/mol. The number of carbonyl (C=O) groups is 2. The molecule has 3 nitrogen and oxygen atoms in total. The van der Waals surface area contributed by atoms with Crippen LogP contribution in [0.3, 0.4) is 0 Å². The fourth-order valence-corrected chi connectivity index (χ4v) is 2.98. The summed E-state index contributed by atoms with van der Waals surface area (Å²) in [6.07, 6.45) is 0.237. The fraction of sp³-hybridized carbons (Fsp3) is 0.0667. The first-order valence-electron chi connectivity index (χ1n) is 6.08. The predicted molar refractivity (Wildman–Crippen MR) is 83.7 cm³/mol. The van der Waals surface area contributed by atoms with E-state index in [2.05, 4.69) is 5.32 Å². The summed E-state index contributed by atoms with van der Waals surface area (Å²) in [4.78, 5) is 23.9. The molecule has 0 saturated carbocycles. The van der Waals surface area contributed by atoms with Crippen LogP contribution in [0.5, 0.6) is 0 Å². The number of ketones is 1. The van der Waals surface area contributed by atoms with Crippen molar-refractivity contribution in [2.75, 3.05) is 5.32 Å². The summed E-state index contributed by atoms with van der Waals surface area (Å²) in [7, 11) is 0. The van der Waals surface area contributed by atoms with Crippen LogP contribution in [0, 0.1) is 0 Å². The second kappa shape index (κ2) is 5.34. The Kier molecular flexibility index (Phi) is 3.66. The number of anilines is 1. The molecule has 0 bridgehead atoms. The normalized spacial score (nSPS) is 13.0. The van der Waals surface area contributed by atoms with Crippen LogP contribution < -0.4 is 5.32 Å². The second-order valence-electron chi connectivity index (χ2n) is 4.67. The number of hydrogen-bond acceptors (Lipinski definition) is 2. The summed E-state index contributed by atoms with van der Waals surface area (Å²) in [5.74, 6) is -0.418. The van der Waals surface area contributed by atoms with Gasteiger partial charge in [0.15, 0.2) is 5.78 Å².